The Morgan fingerprint density at radius 3 is 2.88 bits per heavy atom. The Bertz CT molecular complexity index is 380. The van der Waals surface area contributed by atoms with Gasteiger partial charge in [0, 0.05) is 19.0 Å². The van der Waals surface area contributed by atoms with Gasteiger partial charge in [-0.25, -0.2) is 4.99 Å². The Kier molecular flexibility index (Phi) is 5.81. The molecule has 0 spiro atoms. The second kappa shape index (κ2) is 7.19. The van der Waals surface area contributed by atoms with Crippen LogP contribution >= 0.6 is 23.1 Å². The molecule has 0 atom stereocenters. The predicted molar refractivity (Wildman–Crippen MR) is 75.0 cm³/mol. The minimum absolute atomic E-state index is 0.640. The molecule has 0 saturated carbocycles. The van der Waals surface area contributed by atoms with E-state index in [4.69, 9.17) is 0 Å². The van der Waals surface area contributed by atoms with E-state index in [1.54, 1.807) is 23.9 Å². The number of amidine groups is 1. The number of nitrogens with zero attached hydrogens (tertiary/aromatic N) is 4. The van der Waals surface area contributed by atoms with Crippen molar-refractivity contribution in [2.45, 2.75) is 0 Å². The van der Waals surface area contributed by atoms with Crippen LogP contribution in [0.3, 0.4) is 0 Å². The van der Waals surface area contributed by atoms with Crippen LogP contribution < -0.4 is 0 Å². The molecular formula is C10H14N4S2. The van der Waals surface area contributed by atoms with Crippen LogP contribution in [0.25, 0.3) is 0 Å². The van der Waals surface area contributed by atoms with Crippen molar-refractivity contribution < 1.29 is 0 Å². The first-order chi connectivity index (χ1) is 7.72. The summed E-state index contributed by atoms with van der Waals surface area (Å²) in [5, 5.41) is 10.6. The lowest BCUT2D eigenvalue weighted by molar-refractivity contribution is 0.644. The topological polar surface area (TPSA) is 40.3 Å². The molecule has 0 unspecified atom stereocenters. The van der Waals surface area contributed by atoms with Crippen molar-refractivity contribution in [1.29, 1.82) is 0 Å². The number of rotatable bonds is 3. The maximum atomic E-state index is 4.16. The molecule has 1 heterocycles. The highest BCUT2D eigenvalue weighted by molar-refractivity contribution is 8.13. The highest BCUT2D eigenvalue weighted by Crippen LogP contribution is 2.05. The normalized spacial score (nSPS) is 12.8. The average molecular weight is 254 g/mol. The van der Waals surface area contributed by atoms with Gasteiger partial charge in [-0.15, -0.1) is 16.4 Å². The summed E-state index contributed by atoms with van der Waals surface area (Å²) in [7, 11) is 3.83. The molecule has 86 valence electrons. The number of thiophene rings is 1. The molecule has 1 rings (SSSR count). The van der Waals surface area contributed by atoms with Gasteiger partial charge in [-0.3, -0.25) is 0 Å². The van der Waals surface area contributed by atoms with E-state index in [0.29, 0.717) is 5.17 Å². The molecule has 0 aromatic carbocycles. The Hall–Kier alpha value is -1.14. The molecule has 1 aromatic heterocycles. The monoisotopic (exact) mass is 254 g/mol. The van der Waals surface area contributed by atoms with Gasteiger partial charge in [0.05, 0.1) is 12.6 Å². The maximum Gasteiger partial charge on any atom is 0.210 e. The predicted octanol–water partition coefficient (Wildman–Crippen LogP) is 2.39. The summed E-state index contributed by atoms with van der Waals surface area (Å²) in [6.07, 6.45) is 5.36. The van der Waals surface area contributed by atoms with Crippen LogP contribution in [0.2, 0.25) is 0 Å². The fourth-order valence-corrected chi connectivity index (χ4v) is 1.64. The van der Waals surface area contributed by atoms with Crippen molar-refractivity contribution in [2.75, 3.05) is 20.4 Å². The largest absolute Gasteiger partial charge is 0.369 e. The molecular weight excluding hydrogens is 240 g/mol. The molecule has 0 bridgehead atoms. The van der Waals surface area contributed by atoms with E-state index < -0.39 is 0 Å². The standard InChI is InChI=1S/C10H14N4S2/c1-14(2)8-11-10(15-3)13-12-7-9-5-4-6-16-9/h4-8H,1-3H3/b11-8?,12-7+,13-10-. The third kappa shape index (κ3) is 5.09. The molecule has 16 heavy (non-hydrogen) atoms. The summed E-state index contributed by atoms with van der Waals surface area (Å²) in [5.41, 5.74) is 0. The van der Waals surface area contributed by atoms with E-state index in [0.717, 1.165) is 4.88 Å². The summed E-state index contributed by atoms with van der Waals surface area (Å²) in [4.78, 5) is 7.10. The highest BCUT2D eigenvalue weighted by atomic mass is 32.2. The first kappa shape index (κ1) is 12.9. The average Bonchev–Trinajstić information content (AvgIpc) is 2.75. The quantitative estimate of drug-likeness (QED) is 0.472. The van der Waals surface area contributed by atoms with Crippen LogP contribution in [-0.4, -0.2) is 43.0 Å². The van der Waals surface area contributed by atoms with Gasteiger partial charge < -0.3 is 4.90 Å². The molecule has 0 fully saturated rings. The van der Waals surface area contributed by atoms with Gasteiger partial charge in [0.15, 0.2) is 0 Å². The van der Waals surface area contributed by atoms with Gasteiger partial charge in [-0.1, -0.05) is 17.8 Å². The summed E-state index contributed by atoms with van der Waals surface area (Å²) in [6.45, 7) is 0. The number of hydrogen-bond acceptors (Lipinski definition) is 4. The third-order valence-corrected chi connectivity index (χ3v) is 2.81. The minimum atomic E-state index is 0.640. The smallest absolute Gasteiger partial charge is 0.210 e. The van der Waals surface area contributed by atoms with Crippen LogP contribution in [0.1, 0.15) is 4.88 Å². The van der Waals surface area contributed by atoms with Crippen LogP contribution in [-0.2, 0) is 0 Å². The van der Waals surface area contributed by atoms with Crippen molar-refractivity contribution in [3.8, 4) is 0 Å². The second-order valence-electron chi connectivity index (χ2n) is 3.05. The second-order valence-corrected chi connectivity index (χ2v) is 4.81. The minimum Gasteiger partial charge on any atom is -0.369 e. The van der Waals surface area contributed by atoms with E-state index in [9.17, 15) is 0 Å². The Morgan fingerprint density at radius 2 is 2.31 bits per heavy atom. The molecule has 4 nitrogen and oxygen atoms in total. The lowest BCUT2D eigenvalue weighted by Gasteiger charge is -2.01. The highest BCUT2D eigenvalue weighted by Gasteiger charge is 1.91. The molecule has 0 N–H and O–H groups in total. The Morgan fingerprint density at radius 1 is 1.50 bits per heavy atom. The molecule has 0 radical (unpaired) electrons. The first-order valence-corrected chi connectivity index (χ1v) is 6.72. The fraction of sp³-hybridized carbons (Fsp3) is 0.300. The molecule has 1 aromatic rings. The van der Waals surface area contributed by atoms with Crippen molar-refractivity contribution in [3.63, 3.8) is 0 Å². The van der Waals surface area contributed by atoms with Gasteiger partial charge in [0.25, 0.3) is 0 Å². The van der Waals surface area contributed by atoms with Crippen LogP contribution in [0.15, 0.2) is 32.7 Å². The summed E-state index contributed by atoms with van der Waals surface area (Å²) < 4.78 is 0. The fourth-order valence-electron chi connectivity index (χ4n) is 0.784. The summed E-state index contributed by atoms with van der Waals surface area (Å²) in [6, 6.07) is 3.97. The first-order valence-electron chi connectivity index (χ1n) is 4.61. The zero-order valence-corrected chi connectivity index (χ0v) is 11.1. The van der Waals surface area contributed by atoms with Crippen molar-refractivity contribution >= 4 is 40.8 Å². The number of thioether (sulfide) groups is 1. The zero-order chi connectivity index (χ0) is 11.8. The molecule has 6 heteroatoms. The van der Waals surface area contributed by atoms with Gasteiger partial charge in [0.1, 0.15) is 0 Å². The van der Waals surface area contributed by atoms with E-state index in [1.807, 2.05) is 42.8 Å². The zero-order valence-electron chi connectivity index (χ0n) is 9.49. The van der Waals surface area contributed by atoms with Crippen LogP contribution in [0.4, 0.5) is 0 Å². The maximum absolute atomic E-state index is 4.16. The Labute approximate surface area is 104 Å². The van der Waals surface area contributed by atoms with Gasteiger partial charge in [0.2, 0.25) is 5.17 Å². The molecule has 0 aliphatic heterocycles. The number of hydrogen-bond donors (Lipinski definition) is 0. The lowest BCUT2D eigenvalue weighted by Crippen LogP contribution is -2.08. The van der Waals surface area contributed by atoms with E-state index in [2.05, 4.69) is 15.2 Å². The van der Waals surface area contributed by atoms with Gasteiger partial charge >= 0.3 is 0 Å². The molecule has 0 aliphatic rings. The molecule has 0 saturated heterocycles. The van der Waals surface area contributed by atoms with Crippen molar-refractivity contribution in [2.24, 2.45) is 15.2 Å². The van der Waals surface area contributed by atoms with Crippen molar-refractivity contribution in [1.82, 2.24) is 4.90 Å². The van der Waals surface area contributed by atoms with E-state index in [-0.39, 0.29) is 0 Å². The van der Waals surface area contributed by atoms with Crippen molar-refractivity contribution in [3.05, 3.63) is 22.4 Å². The summed E-state index contributed by atoms with van der Waals surface area (Å²) in [5.74, 6) is 0. The van der Waals surface area contributed by atoms with Gasteiger partial charge in [-0.05, 0) is 17.7 Å². The Balaban J connectivity index is 2.59. The van der Waals surface area contributed by atoms with Crippen LogP contribution in [0, 0.1) is 0 Å². The SMILES string of the molecule is CS/C(N=CN(C)C)=N\N=C\c1cccs1. The number of aliphatic imine (C=N–C) groups is 1. The van der Waals surface area contributed by atoms with Gasteiger partial charge in [-0.2, -0.15) is 5.10 Å². The molecule has 0 amide bonds. The third-order valence-electron chi connectivity index (χ3n) is 1.45. The van der Waals surface area contributed by atoms with E-state index in [1.165, 1.54) is 11.8 Å². The molecule has 0 aliphatic carbocycles. The summed E-state index contributed by atoms with van der Waals surface area (Å²) >= 11 is 3.09. The van der Waals surface area contributed by atoms with E-state index >= 15 is 0 Å². The van der Waals surface area contributed by atoms with Crippen LogP contribution in [0.5, 0.6) is 0 Å². The lowest BCUT2D eigenvalue weighted by atomic mass is 10.5.